The third-order valence-corrected chi connectivity index (χ3v) is 3.43. The van der Waals surface area contributed by atoms with Gasteiger partial charge in [-0.2, -0.15) is 4.89 Å². The molecule has 10 heteroatoms. The van der Waals surface area contributed by atoms with Gasteiger partial charge in [-0.1, -0.05) is 0 Å². The summed E-state index contributed by atoms with van der Waals surface area (Å²) in [6.07, 6.45) is 0.701. The highest BCUT2D eigenvalue weighted by Crippen LogP contribution is 2.10. The molecule has 1 N–H and O–H groups in total. The third kappa shape index (κ3) is 10.5. The van der Waals surface area contributed by atoms with E-state index in [1.165, 1.54) is 13.5 Å². The van der Waals surface area contributed by atoms with Gasteiger partial charge in [0.1, 0.15) is 6.04 Å². The van der Waals surface area contributed by atoms with Crippen molar-refractivity contribution in [1.82, 2.24) is 5.32 Å². The Hall–Kier alpha value is -1.46. The van der Waals surface area contributed by atoms with Gasteiger partial charge in [-0.15, -0.1) is 0 Å². The van der Waals surface area contributed by atoms with E-state index in [9.17, 15) is 4.79 Å². The molecule has 0 aromatic rings. The van der Waals surface area contributed by atoms with Crippen LogP contribution in [0.5, 0.6) is 0 Å². The molecule has 0 aliphatic carbocycles. The Morgan fingerprint density at radius 2 is 1.77 bits per heavy atom. The summed E-state index contributed by atoms with van der Waals surface area (Å²) in [6, 6.07) is -0.334. The second kappa shape index (κ2) is 14.7. The molecule has 0 saturated heterocycles. The summed E-state index contributed by atoms with van der Waals surface area (Å²) in [5, 5.41) is 2.74. The quantitative estimate of drug-likeness (QED) is 0.192. The maximum atomic E-state index is 12.0. The largest absolute Gasteiger partial charge is 0.449 e. The van der Waals surface area contributed by atoms with Gasteiger partial charge in [0.15, 0.2) is 0 Å². The maximum absolute atomic E-state index is 12.0. The van der Waals surface area contributed by atoms with Gasteiger partial charge < -0.3 is 33.9 Å². The molecule has 0 rings (SSSR count). The van der Waals surface area contributed by atoms with E-state index >= 15 is 0 Å². The molecule has 0 aliphatic rings. The number of methoxy groups -OCH3 is 4. The van der Waals surface area contributed by atoms with Crippen molar-refractivity contribution in [3.8, 4) is 0 Å². The van der Waals surface area contributed by atoms with Crippen molar-refractivity contribution in [3.05, 3.63) is 0 Å². The lowest BCUT2D eigenvalue weighted by molar-refractivity contribution is -0.188. The third-order valence-electron chi connectivity index (χ3n) is 3.43. The molecule has 1 amide bonds. The Bertz CT molecular complexity index is 388. The van der Waals surface area contributed by atoms with Gasteiger partial charge >= 0.3 is 6.09 Å². The van der Waals surface area contributed by atoms with Crippen LogP contribution in [0.25, 0.3) is 0 Å². The average Bonchev–Trinajstić information content (AvgIpc) is 2.58. The van der Waals surface area contributed by atoms with E-state index in [1.807, 2.05) is 0 Å². The van der Waals surface area contributed by atoms with Crippen molar-refractivity contribution >= 4 is 12.5 Å². The zero-order valence-electron chi connectivity index (χ0n) is 16.5. The maximum Gasteiger partial charge on any atom is 0.407 e. The fraction of sp³-hybridized carbons (Fsp3) is 0.875. The molecular weight excluding hydrogens is 348 g/mol. The van der Waals surface area contributed by atoms with Crippen molar-refractivity contribution < 1.29 is 38.3 Å². The molecule has 0 aromatic carbocycles. The molecule has 0 aromatic heterocycles. The van der Waals surface area contributed by atoms with E-state index in [0.29, 0.717) is 26.2 Å². The number of aliphatic imine (C=N–C) groups is 1. The molecule has 26 heavy (non-hydrogen) atoms. The highest BCUT2D eigenvalue weighted by Gasteiger charge is 2.28. The van der Waals surface area contributed by atoms with Gasteiger partial charge in [-0.05, 0) is 6.92 Å². The number of carbonyl (C=O) groups is 1. The lowest BCUT2D eigenvalue weighted by Gasteiger charge is -2.29. The first-order valence-electron chi connectivity index (χ1n) is 8.12. The average molecular weight is 380 g/mol. The SMILES string of the molecule is COCC(N=COOC)C(CCOC(=O)NC(C)(COC)COC)OC. The molecule has 0 radical (unpaired) electrons. The first-order chi connectivity index (χ1) is 12.5. The minimum atomic E-state index is -0.679. The summed E-state index contributed by atoms with van der Waals surface area (Å²) in [5.74, 6) is 0. The smallest absolute Gasteiger partial charge is 0.407 e. The molecular formula is C16H32N2O8. The predicted octanol–water partition coefficient (Wildman–Crippen LogP) is 0.791. The first kappa shape index (κ1) is 24.5. The molecule has 0 heterocycles. The number of nitrogens with zero attached hydrogens (tertiary/aromatic N) is 1. The summed E-state index contributed by atoms with van der Waals surface area (Å²) in [5.41, 5.74) is -0.679. The van der Waals surface area contributed by atoms with E-state index in [2.05, 4.69) is 20.1 Å². The molecule has 2 atom stereocenters. The number of amides is 1. The van der Waals surface area contributed by atoms with Crippen LogP contribution >= 0.6 is 0 Å². The number of hydrogen-bond acceptors (Lipinski definition) is 9. The van der Waals surface area contributed by atoms with Crippen LogP contribution in [0.3, 0.4) is 0 Å². The van der Waals surface area contributed by atoms with Crippen LogP contribution in [0.1, 0.15) is 13.3 Å². The lowest BCUT2D eigenvalue weighted by atomic mass is 10.1. The first-order valence-corrected chi connectivity index (χ1v) is 8.12. The Morgan fingerprint density at radius 3 is 2.27 bits per heavy atom. The Kier molecular flexibility index (Phi) is 13.9. The number of rotatable bonds is 15. The molecule has 10 nitrogen and oxygen atoms in total. The number of alkyl carbamates (subject to hydrolysis) is 1. The highest BCUT2D eigenvalue weighted by molar-refractivity contribution is 5.68. The van der Waals surface area contributed by atoms with E-state index in [0.717, 1.165) is 0 Å². The molecule has 0 aliphatic heterocycles. The summed E-state index contributed by atoms with van der Waals surface area (Å²) in [7, 11) is 7.58. The summed E-state index contributed by atoms with van der Waals surface area (Å²) >= 11 is 0. The zero-order chi connectivity index (χ0) is 19.8. The Balaban J connectivity index is 4.51. The summed E-state index contributed by atoms with van der Waals surface area (Å²) in [6.45, 7) is 2.84. The minimum absolute atomic E-state index is 0.140. The summed E-state index contributed by atoms with van der Waals surface area (Å²) < 4.78 is 26.0. The molecule has 0 bridgehead atoms. The van der Waals surface area contributed by atoms with E-state index in [4.69, 9.17) is 23.7 Å². The molecule has 154 valence electrons. The number of ether oxygens (including phenoxy) is 5. The van der Waals surface area contributed by atoms with Gasteiger partial charge in [-0.3, -0.25) is 0 Å². The normalized spacial score (nSPS) is 14.2. The van der Waals surface area contributed by atoms with E-state index in [1.54, 1.807) is 35.4 Å². The Morgan fingerprint density at radius 1 is 1.12 bits per heavy atom. The zero-order valence-corrected chi connectivity index (χ0v) is 16.5. The van der Waals surface area contributed by atoms with Gasteiger partial charge in [0.25, 0.3) is 0 Å². The topological polar surface area (TPSA) is 106 Å². The second-order valence-corrected chi connectivity index (χ2v) is 5.79. The van der Waals surface area contributed by atoms with Crippen LogP contribution < -0.4 is 5.32 Å². The van der Waals surface area contributed by atoms with E-state index in [-0.39, 0.29) is 18.8 Å². The number of hydrogen-bond donors (Lipinski definition) is 1. The van der Waals surface area contributed by atoms with Crippen LogP contribution in [0.4, 0.5) is 4.79 Å². The molecule has 0 spiro atoms. The second-order valence-electron chi connectivity index (χ2n) is 5.79. The molecule has 0 saturated carbocycles. The van der Waals surface area contributed by atoms with Crippen molar-refractivity contribution in [3.63, 3.8) is 0 Å². The fourth-order valence-corrected chi connectivity index (χ4v) is 2.33. The fourth-order valence-electron chi connectivity index (χ4n) is 2.33. The monoisotopic (exact) mass is 380 g/mol. The lowest BCUT2D eigenvalue weighted by Crippen LogP contribution is -2.52. The number of nitrogens with one attached hydrogen (secondary N) is 1. The van der Waals surface area contributed by atoms with Crippen LogP contribution in [0.15, 0.2) is 4.99 Å². The van der Waals surface area contributed by atoms with E-state index < -0.39 is 11.6 Å². The summed E-state index contributed by atoms with van der Waals surface area (Å²) in [4.78, 5) is 25.3. The van der Waals surface area contributed by atoms with Crippen LogP contribution in [-0.4, -0.2) is 92.2 Å². The Labute approximate surface area is 155 Å². The van der Waals surface area contributed by atoms with Gasteiger partial charge in [-0.25, -0.2) is 9.79 Å². The highest BCUT2D eigenvalue weighted by atomic mass is 17.2. The van der Waals surface area contributed by atoms with Gasteiger partial charge in [0.05, 0.1) is 45.2 Å². The van der Waals surface area contributed by atoms with Crippen molar-refractivity contribution in [1.29, 1.82) is 0 Å². The van der Waals surface area contributed by atoms with Gasteiger partial charge in [0.2, 0.25) is 6.40 Å². The van der Waals surface area contributed by atoms with Crippen LogP contribution in [-0.2, 0) is 33.5 Å². The standard InChI is InChI=1S/C16H32N2O8/c1-16(10-21-3,11-22-4)18-15(19)25-8-7-14(23-5)13(9-20-2)17-12-26-24-6/h12-14H,7-11H2,1-6H3,(H,18,19). The van der Waals surface area contributed by atoms with Crippen molar-refractivity contribution in [2.24, 2.45) is 4.99 Å². The van der Waals surface area contributed by atoms with Crippen LogP contribution in [0.2, 0.25) is 0 Å². The van der Waals surface area contributed by atoms with Crippen molar-refractivity contribution in [2.75, 3.05) is 62.0 Å². The number of carbonyl (C=O) groups excluding carboxylic acids is 1. The molecule has 2 unspecified atom stereocenters. The minimum Gasteiger partial charge on any atom is -0.449 e. The predicted molar refractivity (Wildman–Crippen MR) is 94.3 cm³/mol. The van der Waals surface area contributed by atoms with Gasteiger partial charge in [0, 0.05) is 34.9 Å². The molecule has 0 fully saturated rings. The van der Waals surface area contributed by atoms with Crippen LogP contribution in [0, 0.1) is 0 Å². The van der Waals surface area contributed by atoms with Crippen molar-refractivity contribution in [2.45, 2.75) is 31.0 Å².